The van der Waals surface area contributed by atoms with Crippen molar-refractivity contribution in [2.24, 2.45) is 43.6 Å². The van der Waals surface area contributed by atoms with Gasteiger partial charge in [-0.05, 0) is 66.5 Å². The van der Waals surface area contributed by atoms with E-state index in [0.717, 1.165) is 37.9 Å². The number of unbranched alkanes of at least 4 members (excludes halogenated alkanes) is 1. The Kier molecular flexibility index (Phi) is 27.0. The Hall–Kier alpha value is -9.26. The van der Waals surface area contributed by atoms with Gasteiger partial charge >= 0.3 is 0 Å². The topological polar surface area (TPSA) is 475 Å². The van der Waals surface area contributed by atoms with Crippen molar-refractivity contribution in [3.8, 4) is 0 Å². The molecule has 478 valence electrons. The predicted molar refractivity (Wildman–Crippen MR) is 339 cm³/mol. The standard InChI is InChI=1S/C58H79N19O10S2/c1-3-4-14-40-51(82)72-41(16-9-20-65-57(60)61)53(84)77-45(25-37-27-64-31-69-37)55(86)75-43(23-33-18-19-34-11-5-6-12-35(34)22-33)54(85)73-42(17-10-21-66-58(62)63)52(83)76-44(24-36-26-67-39-15-8-7-13-38(36)39)50(81)68-28-48(79)71-46(49(59)80)29-88-89-30-47(56(87)74-40)70-32(2)78/h5-8,11-13,15,18-19,22,26-27,31,36,40-47H,3-4,9-10,14,16-17,20-21,23-25,28-30H2,1-2H3,(H2,59,80)(H,64,69)(H,68,81)(H,70,78)(H,71,79)(H,72,82)(H,73,85)(H,74,87)(H,75,86)(H,76,83)(H,77,84)(H4,60,61,65)(H4,62,63,66). The van der Waals surface area contributed by atoms with Crippen LogP contribution in [0.3, 0.4) is 0 Å². The van der Waals surface area contributed by atoms with Crippen LogP contribution in [0.15, 0.2) is 94.2 Å². The number of guanidine groups is 2. The summed E-state index contributed by atoms with van der Waals surface area (Å²) in [5.41, 5.74) is 30.6. The molecule has 89 heavy (non-hydrogen) atoms. The molecule has 9 unspecified atom stereocenters. The molecule has 9 atom stereocenters. The minimum Gasteiger partial charge on any atom is -0.370 e. The molecule has 0 radical (unpaired) electrons. The molecule has 4 aromatic rings. The number of nitrogens with two attached hydrogens (primary N) is 5. The lowest BCUT2D eigenvalue weighted by atomic mass is 9.93. The van der Waals surface area contributed by atoms with Gasteiger partial charge in [0.05, 0.1) is 18.6 Å². The highest BCUT2D eigenvalue weighted by atomic mass is 33.1. The highest BCUT2D eigenvalue weighted by Crippen LogP contribution is 2.34. The van der Waals surface area contributed by atoms with Crippen LogP contribution in [0.4, 0.5) is 5.69 Å². The van der Waals surface area contributed by atoms with Crippen molar-refractivity contribution in [3.63, 3.8) is 0 Å². The van der Waals surface area contributed by atoms with Gasteiger partial charge in [0.2, 0.25) is 59.1 Å². The van der Waals surface area contributed by atoms with Gasteiger partial charge in [0.25, 0.3) is 0 Å². The van der Waals surface area contributed by atoms with Gasteiger partial charge < -0.3 is 81.5 Å². The second kappa shape index (κ2) is 34.9. The Labute approximate surface area is 521 Å². The number of para-hydroxylation sites is 1. The van der Waals surface area contributed by atoms with E-state index in [1.807, 2.05) is 49.4 Å². The third-order valence-electron chi connectivity index (χ3n) is 14.3. The third kappa shape index (κ3) is 22.4. The van der Waals surface area contributed by atoms with E-state index in [-0.39, 0.29) is 87.9 Å². The number of nitrogens with zero attached hydrogens (tertiary/aromatic N) is 4. The number of aromatic amines is 1. The second-order valence-electron chi connectivity index (χ2n) is 21.3. The minimum absolute atomic E-state index is 0.0212. The number of H-pyrrole nitrogens is 1. The van der Waals surface area contributed by atoms with Gasteiger partial charge in [0.15, 0.2) is 11.9 Å². The molecule has 31 heteroatoms. The van der Waals surface area contributed by atoms with Crippen LogP contribution in [0, 0.1) is 0 Å². The normalized spacial score (nSPS) is 23.0. The minimum atomic E-state index is -1.48. The summed E-state index contributed by atoms with van der Waals surface area (Å²) in [6.45, 7) is 2.44. The van der Waals surface area contributed by atoms with Crippen LogP contribution in [0.1, 0.15) is 88.0 Å². The molecule has 0 spiro atoms. The molecule has 10 amide bonds. The van der Waals surface area contributed by atoms with Crippen molar-refractivity contribution in [2.75, 3.05) is 31.1 Å². The average molecular weight is 1270 g/mol. The number of fused-ring (bicyclic) bond motifs is 2. The molecule has 6 rings (SSSR count). The first-order valence-corrected chi connectivity index (χ1v) is 31.6. The van der Waals surface area contributed by atoms with Crippen molar-refractivity contribution in [1.29, 1.82) is 0 Å². The van der Waals surface area contributed by atoms with E-state index in [2.05, 4.69) is 72.8 Å². The number of rotatable bonds is 19. The lowest BCUT2D eigenvalue weighted by Gasteiger charge is -2.28. The van der Waals surface area contributed by atoms with Gasteiger partial charge in [-0.25, -0.2) is 4.98 Å². The molecule has 0 bridgehead atoms. The van der Waals surface area contributed by atoms with E-state index in [1.165, 1.54) is 19.4 Å². The maximum Gasteiger partial charge on any atom is 0.244 e. The molecule has 0 saturated carbocycles. The molecular weight excluding hydrogens is 1190 g/mol. The number of hydrogen-bond acceptors (Lipinski definition) is 16. The summed E-state index contributed by atoms with van der Waals surface area (Å²) < 4.78 is 0. The monoisotopic (exact) mass is 1270 g/mol. The highest BCUT2D eigenvalue weighted by Gasteiger charge is 2.36. The first kappa shape index (κ1) is 68.8. The summed E-state index contributed by atoms with van der Waals surface area (Å²) in [6.07, 6.45) is 5.19. The van der Waals surface area contributed by atoms with Crippen LogP contribution < -0.4 is 76.5 Å². The van der Waals surface area contributed by atoms with Crippen molar-refractivity contribution in [2.45, 2.75) is 132 Å². The lowest BCUT2D eigenvalue weighted by Crippen LogP contribution is -2.61. The van der Waals surface area contributed by atoms with Crippen LogP contribution in [-0.2, 0) is 60.8 Å². The van der Waals surface area contributed by atoms with Gasteiger partial charge in [-0.2, -0.15) is 0 Å². The summed E-state index contributed by atoms with van der Waals surface area (Å²) in [4.78, 5) is 161. The Morgan fingerprint density at radius 3 is 1.76 bits per heavy atom. The van der Waals surface area contributed by atoms with Gasteiger partial charge in [-0.15, -0.1) is 0 Å². The van der Waals surface area contributed by atoms with E-state index in [9.17, 15) is 38.4 Å². The fourth-order valence-electron chi connectivity index (χ4n) is 9.73. The average Bonchev–Trinajstić information content (AvgIpc) is 2.37. The molecule has 3 heterocycles. The summed E-state index contributed by atoms with van der Waals surface area (Å²) in [7, 11) is 2.08. The number of benzene rings is 3. The van der Waals surface area contributed by atoms with Crippen molar-refractivity contribution < 1.29 is 47.9 Å². The number of carbonyl (C=O) groups excluding carboxylic acids is 10. The summed E-state index contributed by atoms with van der Waals surface area (Å²) >= 11 is 0. The second-order valence-corrected chi connectivity index (χ2v) is 23.9. The van der Waals surface area contributed by atoms with Gasteiger partial charge in [0.1, 0.15) is 48.3 Å². The largest absolute Gasteiger partial charge is 0.370 e. The first-order valence-electron chi connectivity index (χ1n) is 29.1. The van der Waals surface area contributed by atoms with E-state index in [0.29, 0.717) is 29.8 Å². The number of nitrogens with one attached hydrogen (secondary N) is 10. The molecule has 1 saturated heterocycles. The van der Waals surface area contributed by atoms with Gasteiger partial charge in [0, 0.05) is 68.4 Å². The number of aromatic nitrogens is 2. The van der Waals surface area contributed by atoms with Crippen LogP contribution in [0.2, 0.25) is 0 Å². The molecule has 2 aliphatic heterocycles. The van der Waals surface area contributed by atoms with Crippen molar-refractivity contribution >= 4 is 115 Å². The Morgan fingerprint density at radius 2 is 1.17 bits per heavy atom. The summed E-state index contributed by atoms with van der Waals surface area (Å²) in [6, 6.07) is 9.19. The SMILES string of the molecule is CCCCC1NC(=O)C(NC(C)=O)CSSCC(C(N)=O)NC(=O)CNC(=O)C(CC2C=Nc3ccccc32)NC(=O)C(CCCN=C(N)N)NC(=O)C(Cc2ccc3ccccc3c2)NC(=O)C(Cc2cnc[nH]2)NC(=O)C(CCCN=C(N)N)NC1=O. The number of hydrogen-bond donors (Lipinski definition) is 15. The van der Waals surface area contributed by atoms with Gasteiger partial charge in [-0.3, -0.25) is 62.9 Å². The Morgan fingerprint density at radius 1 is 0.618 bits per heavy atom. The summed E-state index contributed by atoms with van der Waals surface area (Å²) in [5.74, 6) is -9.30. The van der Waals surface area contributed by atoms with Crippen LogP contribution >= 0.6 is 21.6 Å². The lowest BCUT2D eigenvalue weighted by molar-refractivity contribution is -0.136. The van der Waals surface area contributed by atoms with E-state index < -0.39 is 120 Å². The smallest absolute Gasteiger partial charge is 0.244 e. The maximum absolute atomic E-state index is 15.1. The number of amides is 10. The highest BCUT2D eigenvalue weighted by molar-refractivity contribution is 8.76. The number of primary amides is 1. The quantitative estimate of drug-likeness (QED) is 0.0218. The molecule has 2 aliphatic rings. The number of aliphatic imine (C=N–C) groups is 3. The molecule has 1 fully saturated rings. The zero-order valence-corrected chi connectivity index (χ0v) is 51.1. The fourth-order valence-corrected chi connectivity index (χ4v) is 12.1. The Bertz CT molecular complexity index is 3230. The zero-order chi connectivity index (χ0) is 64.4. The maximum atomic E-state index is 15.1. The first-order chi connectivity index (χ1) is 42.7. The van der Waals surface area contributed by atoms with E-state index in [4.69, 9.17) is 28.7 Å². The van der Waals surface area contributed by atoms with Gasteiger partial charge in [-0.1, -0.05) is 102 Å². The fraction of sp³-hybridized carbons (Fsp3) is 0.448. The number of imidazole rings is 1. The van der Waals surface area contributed by atoms with Crippen LogP contribution in [0.25, 0.3) is 10.8 Å². The molecule has 0 aliphatic carbocycles. The molecule has 3 aromatic carbocycles. The van der Waals surface area contributed by atoms with E-state index >= 15 is 9.59 Å². The van der Waals surface area contributed by atoms with Crippen LogP contribution in [0.5, 0.6) is 0 Å². The molecule has 1 aromatic heterocycles. The van der Waals surface area contributed by atoms with Crippen molar-refractivity contribution in [1.82, 2.24) is 57.8 Å². The number of carbonyl (C=O) groups is 10. The van der Waals surface area contributed by atoms with Crippen LogP contribution in [-0.4, -0.2) is 167 Å². The molecular formula is C58H79N19O10S2. The zero-order valence-electron chi connectivity index (χ0n) is 49.5. The van der Waals surface area contributed by atoms with Crippen molar-refractivity contribution in [3.05, 3.63) is 96.1 Å². The third-order valence-corrected chi connectivity index (χ3v) is 16.8. The predicted octanol–water partition coefficient (Wildman–Crippen LogP) is -1.57. The molecule has 29 nitrogen and oxygen atoms in total. The summed E-state index contributed by atoms with van der Waals surface area (Å²) in [5, 5.41) is 26.0. The molecule has 20 N–H and O–H groups in total. The Balaban J connectivity index is 1.42. The van der Waals surface area contributed by atoms with E-state index in [1.54, 1.807) is 30.5 Å².